The first-order chi connectivity index (χ1) is 3.73. The summed E-state index contributed by atoms with van der Waals surface area (Å²) in [7, 11) is 11.0. The average molecular weight is 280 g/mol. The molecular weight excluding hydrogens is 266 g/mol. The molecule has 0 bridgehead atoms. The standard InChI is InChI=1S/C3H8O.2CH3.2ClH.Sn/c1-3(2)4;;;;;/h3-4H,1-2H3;2*1H3;2*1H;/q;;;;;+2/p-2. The Morgan fingerprint density at radius 2 is 1.22 bits per heavy atom. The maximum atomic E-state index is 8.06. The van der Waals surface area contributed by atoms with Crippen LogP contribution in [0.2, 0.25) is 9.88 Å². The van der Waals surface area contributed by atoms with Gasteiger partial charge in [-0.3, -0.25) is 0 Å². The van der Waals surface area contributed by atoms with Crippen LogP contribution in [0, 0.1) is 0 Å². The molecule has 58 valence electrons. The fourth-order valence-electron chi connectivity index (χ4n) is 0. The van der Waals surface area contributed by atoms with Crippen molar-refractivity contribution in [3.05, 3.63) is 0 Å². The molecule has 0 aliphatic carbocycles. The summed E-state index contributed by atoms with van der Waals surface area (Å²) < 4.78 is 0. The van der Waals surface area contributed by atoms with Gasteiger partial charge in [-0.15, -0.1) is 0 Å². The predicted molar refractivity (Wildman–Crippen MR) is 46.5 cm³/mol. The Morgan fingerprint density at radius 1 is 1.22 bits per heavy atom. The third kappa shape index (κ3) is 281. The van der Waals surface area contributed by atoms with Gasteiger partial charge < -0.3 is 5.11 Å². The van der Waals surface area contributed by atoms with E-state index in [2.05, 4.69) is 0 Å². The third-order valence-corrected chi connectivity index (χ3v) is 0. The van der Waals surface area contributed by atoms with E-state index in [4.69, 9.17) is 22.9 Å². The van der Waals surface area contributed by atoms with Gasteiger partial charge in [-0.05, 0) is 13.8 Å². The van der Waals surface area contributed by atoms with Crippen LogP contribution in [0.3, 0.4) is 0 Å². The fraction of sp³-hybridized carbons (Fsp3) is 1.00. The molecule has 0 rings (SSSR count). The second kappa shape index (κ2) is 6.08. The van der Waals surface area contributed by atoms with E-state index in [0.717, 1.165) is 0 Å². The number of aliphatic hydroxyl groups excluding tert-OH is 1. The van der Waals surface area contributed by atoms with Crippen molar-refractivity contribution in [2.45, 2.75) is 29.8 Å². The molecule has 0 unspecified atom stereocenters. The third-order valence-electron chi connectivity index (χ3n) is 0. The summed E-state index contributed by atoms with van der Waals surface area (Å²) in [5.74, 6) is 0. The molecule has 0 spiro atoms. The normalized spacial score (nSPS) is 10.7. The summed E-state index contributed by atoms with van der Waals surface area (Å²) in [6.07, 6.45) is -0.167. The van der Waals surface area contributed by atoms with Gasteiger partial charge in [0, 0.05) is 6.10 Å². The van der Waals surface area contributed by atoms with Crippen LogP contribution in [0.1, 0.15) is 13.8 Å². The number of aliphatic hydroxyl groups is 1. The SMILES string of the molecule is CC(C)O.[CH3][Sn]([CH3])([Cl])[Cl]. The molecule has 9 heavy (non-hydrogen) atoms. The molecular formula is C5H14Cl2OSn. The Labute approximate surface area is 68.7 Å². The van der Waals surface area contributed by atoms with E-state index >= 15 is 0 Å². The minimum atomic E-state index is -2.24. The van der Waals surface area contributed by atoms with Crippen LogP contribution < -0.4 is 0 Å². The summed E-state index contributed by atoms with van der Waals surface area (Å²) in [4.78, 5) is 3.86. The van der Waals surface area contributed by atoms with E-state index in [0.29, 0.717) is 0 Å². The molecule has 0 fully saturated rings. The second-order valence-corrected chi connectivity index (χ2v) is 24.0. The topological polar surface area (TPSA) is 20.2 Å². The Bertz CT molecular complexity index is 51.7. The first-order valence-corrected chi connectivity index (χ1v) is 15.7. The zero-order valence-corrected chi connectivity index (χ0v) is 10.6. The zero-order chi connectivity index (χ0) is 8.08. The summed E-state index contributed by atoms with van der Waals surface area (Å²) in [5, 5.41) is 8.06. The van der Waals surface area contributed by atoms with Crippen molar-refractivity contribution < 1.29 is 5.11 Å². The van der Waals surface area contributed by atoms with Crippen molar-refractivity contribution in [3.63, 3.8) is 0 Å². The Morgan fingerprint density at radius 3 is 1.22 bits per heavy atom. The first-order valence-electron chi connectivity index (χ1n) is 2.79. The quantitative estimate of drug-likeness (QED) is 0.676. The van der Waals surface area contributed by atoms with E-state index < -0.39 is 16.1 Å². The van der Waals surface area contributed by atoms with Gasteiger partial charge in [0.25, 0.3) is 0 Å². The fourth-order valence-corrected chi connectivity index (χ4v) is 0. The molecule has 1 N–H and O–H groups in total. The van der Waals surface area contributed by atoms with Gasteiger partial charge in [0.15, 0.2) is 0 Å². The van der Waals surface area contributed by atoms with Crippen molar-refractivity contribution in [1.82, 2.24) is 0 Å². The van der Waals surface area contributed by atoms with Gasteiger partial charge in [-0.25, -0.2) is 0 Å². The molecule has 0 aromatic rings. The van der Waals surface area contributed by atoms with Gasteiger partial charge >= 0.3 is 43.8 Å². The molecule has 0 aliphatic rings. The van der Waals surface area contributed by atoms with Crippen molar-refractivity contribution in [1.29, 1.82) is 0 Å². The van der Waals surface area contributed by atoms with Crippen LogP contribution >= 0.6 is 17.8 Å². The molecule has 0 saturated heterocycles. The van der Waals surface area contributed by atoms with Crippen molar-refractivity contribution in [2.24, 2.45) is 0 Å². The minimum absolute atomic E-state index is 0.167. The van der Waals surface area contributed by atoms with Crippen molar-refractivity contribution >= 4 is 34.0 Å². The van der Waals surface area contributed by atoms with Crippen LogP contribution in [0.15, 0.2) is 0 Å². The number of rotatable bonds is 0. The second-order valence-electron chi connectivity index (χ2n) is 2.42. The summed E-state index contributed by atoms with van der Waals surface area (Å²) in [6.45, 7) is 3.44. The van der Waals surface area contributed by atoms with E-state index in [1.807, 2.05) is 9.88 Å². The predicted octanol–water partition coefficient (Wildman–Crippen LogP) is 2.55. The number of halogens is 2. The van der Waals surface area contributed by atoms with Crippen LogP contribution in [-0.2, 0) is 0 Å². The monoisotopic (exact) mass is 280 g/mol. The molecule has 0 aromatic carbocycles. The molecule has 0 atom stereocenters. The molecule has 0 heterocycles. The van der Waals surface area contributed by atoms with Gasteiger partial charge in [0.2, 0.25) is 0 Å². The van der Waals surface area contributed by atoms with Crippen LogP contribution in [0.4, 0.5) is 0 Å². The van der Waals surface area contributed by atoms with Crippen molar-refractivity contribution in [2.75, 3.05) is 0 Å². The summed E-state index contributed by atoms with van der Waals surface area (Å²) in [5.41, 5.74) is 0. The number of hydrogen-bond acceptors (Lipinski definition) is 1. The van der Waals surface area contributed by atoms with Gasteiger partial charge in [-0.1, -0.05) is 0 Å². The van der Waals surface area contributed by atoms with Gasteiger partial charge in [0.1, 0.15) is 0 Å². The van der Waals surface area contributed by atoms with Crippen LogP contribution in [0.5, 0.6) is 0 Å². The molecule has 1 nitrogen and oxygen atoms in total. The molecule has 0 aromatic heterocycles. The average Bonchev–Trinajstić information content (AvgIpc) is 1.19. The van der Waals surface area contributed by atoms with Crippen LogP contribution in [0.25, 0.3) is 0 Å². The Balaban J connectivity index is 0. The Kier molecular flexibility index (Phi) is 8.75. The maximum absolute atomic E-state index is 8.06. The van der Waals surface area contributed by atoms with E-state index in [1.165, 1.54) is 0 Å². The molecule has 0 radical (unpaired) electrons. The van der Waals surface area contributed by atoms with Crippen LogP contribution in [-0.4, -0.2) is 27.3 Å². The first kappa shape index (κ1) is 13.0. The van der Waals surface area contributed by atoms with Crippen molar-refractivity contribution in [3.8, 4) is 0 Å². The van der Waals surface area contributed by atoms with E-state index in [9.17, 15) is 0 Å². The summed E-state index contributed by atoms with van der Waals surface area (Å²) >= 11 is -2.24. The molecule has 0 aliphatic heterocycles. The number of hydrogen-bond donors (Lipinski definition) is 1. The molecule has 4 heteroatoms. The van der Waals surface area contributed by atoms with E-state index in [-0.39, 0.29) is 6.10 Å². The van der Waals surface area contributed by atoms with Gasteiger partial charge in [-0.2, -0.15) is 0 Å². The molecule has 0 saturated carbocycles. The van der Waals surface area contributed by atoms with Gasteiger partial charge in [0.05, 0.1) is 0 Å². The molecule has 0 amide bonds. The zero-order valence-electron chi connectivity index (χ0n) is 6.28. The Hall–Kier alpha value is 1.34. The summed E-state index contributed by atoms with van der Waals surface area (Å²) in [6, 6.07) is 0. The van der Waals surface area contributed by atoms with E-state index in [1.54, 1.807) is 13.8 Å².